The van der Waals surface area contributed by atoms with E-state index in [1.54, 1.807) is 122 Å². The molecule has 6 rings (SSSR count). The molecule has 5 fully saturated rings. The number of imide groups is 4. The molecule has 5 aliphatic rings. The number of ketones is 1. The van der Waals surface area contributed by atoms with Gasteiger partial charge in [-0.1, -0.05) is 29.5 Å². The Hall–Kier alpha value is -5.44. The van der Waals surface area contributed by atoms with Crippen LogP contribution >= 0.6 is 47.9 Å². The van der Waals surface area contributed by atoms with Crippen molar-refractivity contribution in [1.82, 2.24) is 45.3 Å². The van der Waals surface area contributed by atoms with Crippen LogP contribution < -0.4 is 21.3 Å². The minimum absolute atomic E-state index is 0.0140. The summed E-state index contributed by atoms with van der Waals surface area (Å²) in [4.78, 5) is 133. The molecule has 1 aromatic carbocycles. The predicted molar refractivity (Wildman–Crippen MR) is 438 cm³/mol. The summed E-state index contributed by atoms with van der Waals surface area (Å²) in [5.41, 5.74) is -3.03. The minimum Gasteiger partial charge on any atom is -0.382 e. The molecule has 4 N–H and O–H groups in total. The normalized spacial score (nSPS) is 17.5. The molecule has 13 amide bonds. The number of carbonyl (C=O) groups excluding carboxylic acids is 11. The van der Waals surface area contributed by atoms with E-state index in [-0.39, 0.29) is 76.6 Å². The monoisotopic (exact) mass is 1740 g/mol. The van der Waals surface area contributed by atoms with Crippen LogP contribution in [0.4, 0.5) is 19.2 Å². The third-order valence-electron chi connectivity index (χ3n) is 16.9. The van der Waals surface area contributed by atoms with E-state index in [1.165, 1.54) is 38.7 Å². The summed E-state index contributed by atoms with van der Waals surface area (Å²) in [6, 6.07) is 5.14. The summed E-state index contributed by atoms with van der Waals surface area (Å²) in [7, 11) is 2.80. The van der Waals surface area contributed by atoms with Crippen LogP contribution in [0.25, 0.3) is 0 Å². The van der Waals surface area contributed by atoms with Gasteiger partial charge in [-0.05, 0) is 133 Å². The molecule has 0 aromatic heterocycles. The number of nitrogens with zero attached hydrogens (tertiary/aromatic N) is 5. The number of halogens is 1. The van der Waals surface area contributed by atoms with Gasteiger partial charge in [0.2, 0.25) is 5.91 Å². The Morgan fingerprint density at radius 2 is 0.809 bits per heavy atom. The number of thioether (sulfide) groups is 2. The number of carbonyl (C=O) groups is 11. The van der Waals surface area contributed by atoms with Crippen LogP contribution in [0.5, 0.6) is 0 Å². The standard InChI is InChI=1S/C15H27ClN2O5.C15H28N2O5.C14H26N2O5S.C14H22O6S.C10H15NO3S.C7H12N2O2S/c1-15(2)13(19)17(14(20)18(15)16)7-5-4-6-8-22-11-12-23-10-9-21-3;1-15(2)13(18)17(14(19)16-15)7-5-4-6-8-21-11-12-22-10-9-20-3;1-14(2)12(17)16(13(18)15-14)4-10-22-11-9-21-8-7-20-6-5-19-3;1-13-3-5-14(6-4-13)21(15,16)20-12-11-19-10-9-18-8-7-17-2;1-6(12)15-5-4-7-8(13)10(2,3)11-9(7)14;1-7(2)5(10)9(3-4-12)6(11)8-7/h4-12H2,1-3H3;4-12H2,1-3H3,(H,16,19);4-11H2,1-3H3,(H,15,18);3-6H,7-12H2,1-2H3;7H,4-5H2,1-3H3,(H,11,14);12H,3-4H2,1-2H3,(H,8,11). The number of benzene rings is 1. The number of ether oxygens (including phenoxy) is 12. The van der Waals surface area contributed by atoms with Gasteiger partial charge in [0.25, 0.3) is 33.7 Å². The van der Waals surface area contributed by atoms with Gasteiger partial charge in [0.05, 0.1) is 142 Å². The van der Waals surface area contributed by atoms with Crippen molar-refractivity contribution in [2.24, 2.45) is 5.92 Å². The van der Waals surface area contributed by atoms with E-state index in [0.29, 0.717) is 175 Å². The van der Waals surface area contributed by atoms with E-state index in [1.807, 2.05) is 6.92 Å². The minimum atomic E-state index is -3.71. The Kier molecular flexibility index (Phi) is 54.7. The zero-order valence-electron chi connectivity index (χ0n) is 70.2. The molecule has 662 valence electrons. The van der Waals surface area contributed by atoms with Crippen LogP contribution in [0.1, 0.15) is 127 Å². The SMILES string of the molecule is CC(=O)SCCC1C(=O)NC(C)(C)C1=O.CC1(C)NC(=O)N(CCS)C1=O.COCCOCCOCCCCCN1C(=O)N(Cl)C(C)(C)C1=O.COCCOCCOCCCCCN1C(=O)NC(C)(C)C1=O.COCCOCCOCCOS(=O)(=O)c1ccc(C)cc1.COCCOCCOCCSCCN1C(=O)NC(C)(C)C1=O. The Morgan fingerprint density at radius 1 is 0.443 bits per heavy atom. The Balaban J connectivity index is 0.000000697. The van der Waals surface area contributed by atoms with Crippen molar-refractivity contribution in [3.8, 4) is 0 Å². The van der Waals surface area contributed by atoms with Gasteiger partial charge in [-0.25, -0.2) is 23.6 Å². The maximum atomic E-state index is 12.1. The van der Waals surface area contributed by atoms with Crippen molar-refractivity contribution < 1.29 is 122 Å². The van der Waals surface area contributed by atoms with Crippen molar-refractivity contribution in [1.29, 1.82) is 0 Å². The summed E-state index contributed by atoms with van der Waals surface area (Å²) in [6.45, 7) is 32.8. The molecule has 5 saturated heterocycles. The van der Waals surface area contributed by atoms with E-state index in [2.05, 4.69) is 33.9 Å². The van der Waals surface area contributed by atoms with Gasteiger partial charge in [-0.15, -0.1) is 0 Å². The first-order chi connectivity index (χ1) is 54.3. The highest BCUT2D eigenvalue weighted by atomic mass is 35.5. The quantitative estimate of drug-likeness (QED) is 0.0119. The fourth-order valence-electron chi connectivity index (χ4n) is 10.3. The summed E-state index contributed by atoms with van der Waals surface area (Å²) in [5.74, 6) is 0.948. The number of amides is 13. The van der Waals surface area contributed by atoms with Crippen LogP contribution in [0.15, 0.2) is 29.2 Å². The van der Waals surface area contributed by atoms with Crippen LogP contribution in [0, 0.1) is 12.8 Å². The Labute approximate surface area is 699 Å². The van der Waals surface area contributed by atoms with Gasteiger partial charge in [0.1, 0.15) is 22.2 Å². The maximum Gasteiger partial charge on any atom is 0.342 e. The number of thiol groups is 1. The average molecular weight is 1740 g/mol. The highest BCUT2D eigenvalue weighted by molar-refractivity contribution is 8.13. The molecular formula is C75H130ClN9O26S4. The van der Waals surface area contributed by atoms with E-state index in [9.17, 15) is 61.2 Å². The van der Waals surface area contributed by atoms with Crippen LogP contribution in [0.3, 0.4) is 0 Å². The number of hydrogen-bond acceptors (Lipinski definition) is 29. The molecule has 1 aromatic rings. The Bertz CT molecular complexity index is 3130. The number of unbranched alkanes of at least 4 members (excludes halogenated alkanes) is 4. The zero-order valence-corrected chi connectivity index (χ0v) is 74.3. The van der Waals surface area contributed by atoms with Crippen molar-refractivity contribution in [3.05, 3.63) is 29.8 Å². The summed E-state index contributed by atoms with van der Waals surface area (Å²) in [6.07, 6.45) is 5.56. The first-order valence-corrected chi connectivity index (χ1v) is 42.8. The molecule has 0 spiro atoms. The predicted octanol–water partition coefficient (Wildman–Crippen LogP) is 6.31. The number of urea groups is 4. The molecular weight excluding hydrogens is 1610 g/mol. The molecule has 5 heterocycles. The van der Waals surface area contributed by atoms with Crippen molar-refractivity contribution in [3.63, 3.8) is 0 Å². The van der Waals surface area contributed by atoms with Crippen molar-refractivity contribution in [2.75, 3.05) is 216 Å². The Morgan fingerprint density at radius 3 is 1.16 bits per heavy atom. The van der Waals surface area contributed by atoms with Crippen LogP contribution in [0.2, 0.25) is 0 Å². The lowest BCUT2D eigenvalue weighted by Gasteiger charge is -2.19. The third-order valence-corrected chi connectivity index (χ3v) is 20.7. The summed E-state index contributed by atoms with van der Waals surface area (Å²) < 4.78 is 91.4. The second kappa shape index (κ2) is 58.5. The first-order valence-electron chi connectivity index (χ1n) is 38.3. The number of methoxy groups -OCH3 is 4. The lowest BCUT2D eigenvalue weighted by atomic mass is 9.93. The first kappa shape index (κ1) is 108. The number of nitrogens with one attached hydrogen (secondary N) is 4. The van der Waals surface area contributed by atoms with Gasteiger partial charge in [0, 0.05) is 110 Å². The molecule has 115 heavy (non-hydrogen) atoms. The van der Waals surface area contributed by atoms with Gasteiger partial charge < -0.3 is 78.1 Å². The molecule has 35 nitrogen and oxygen atoms in total. The fourth-order valence-corrected chi connectivity index (χ4v) is 13.0. The highest BCUT2D eigenvalue weighted by Gasteiger charge is 2.51. The molecule has 40 heteroatoms. The smallest absolute Gasteiger partial charge is 0.342 e. The zero-order chi connectivity index (χ0) is 86.7. The lowest BCUT2D eigenvalue weighted by molar-refractivity contribution is -0.131. The lowest BCUT2D eigenvalue weighted by Crippen LogP contribution is -2.40. The van der Waals surface area contributed by atoms with Crippen LogP contribution in [-0.2, 0) is 105 Å². The second-order valence-electron chi connectivity index (χ2n) is 28.7. The van der Waals surface area contributed by atoms with Gasteiger partial charge in [-0.2, -0.15) is 32.8 Å². The van der Waals surface area contributed by atoms with E-state index in [4.69, 9.17) is 72.8 Å². The summed E-state index contributed by atoms with van der Waals surface area (Å²) >= 11 is 12.6. The average Bonchev–Trinajstić information content (AvgIpc) is 1.62. The van der Waals surface area contributed by atoms with Crippen molar-refractivity contribution in [2.45, 2.75) is 161 Å². The number of hydrogen-bond donors (Lipinski definition) is 5. The second-order valence-corrected chi connectivity index (χ2v) is 33.6. The van der Waals surface area contributed by atoms with Gasteiger partial charge >= 0.3 is 24.1 Å². The van der Waals surface area contributed by atoms with Gasteiger partial charge in [-0.3, -0.25) is 57.3 Å². The van der Waals surface area contributed by atoms with E-state index >= 15 is 0 Å². The fraction of sp³-hybridized carbons (Fsp3) is 0.773. The molecule has 0 bridgehead atoms. The maximum absolute atomic E-state index is 12.1. The molecule has 0 aliphatic carbocycles. The van der Waals surface area contributed by atoms with Crippen molar-refractivity contribution >= 4 is 123 Å². The number of rotatable bonds is 52. The largest absolute Gasteiger partial charge is 0.382 e. The van der Waals surface area contributed by atoms with E-state index < -0.39 is 49.8 Å². The summed E-state index contributed by atoms with van der Waals surface area (Å²) in [5, 5.41) is 10.6. The molecule has 0 saturated carbocycles. The third kappa shape index (κ3) is 42.4. The number of Topliss-reactive ketones (excluding diaryl/α,β-unsaturated/α-hetero) is 1. The molecule has 5 aliphatic heterocycles. The van der Waals surface area contributed by atoms with Gasteiger partial charge in [0.15, 0.2) is 10.9 Å². The van der Waals surface area contributed by atoms with E-state index in [0.717, 1.165) is 66.0 Å². The number of aryl methyl sites for hydroxylation is 1. The molecule has 1 unspecified atom stereocenters. The highest BCUT2D eigenvalue weighted by Crippen LogP contribution is 2.30. The molecule has 0 radical (unpaired) electrons. The molecule has 1 atom stereocenters. The topological polar surface area (TPSA) is 406 Å². The van der Waals surface area contributed by atoms with Crippen LogP contribution in [-0.4, -0.2) is 341 Å².